The number of hydrogen-bond acceptors (Lipinski definition) is 6. The number of amides is 1. The predicted molar refractivity (Wildman–Crippen MR) is 124 cm³/mol. The van der Waals surface area contributed by atoms with E-state index in [1.54, 1.807) is 28.4 Å². The highest BCUT2D eigenvalue weighted by atomic mass is 32.1. The summed E-state index contributed by atoms with van der Waals surface area (Å²) in [5, 5.41) is 6.58. The standard InChI is InChI=1S/C23H30N6OS/c1-5-27(6-2)17-10-12-28(15-17)22(30)18-14-25-29(21(18)16(3)4)23-24-11-9-19(26-23)20-8-7-13-31-20/h7-9,11,13-14,16-17H,5-6,10,12,15H2,1-4H3. The number of nitrogens with zero attached hydrogens (tertiary/aromatic N) is 6. The van der Waals surface area contributed by atoms with Crippen molar-refractivity contribution in [3.8, 4) is 16.5 Å². The zero-order valence-electron chi connectivity index (χ0n) is 18.7. The van der Waals surface area contributed by atoms with Gasteiger partial charge in [0.1, 0.15) is 0 Å². The summed E-state index contributed by atoms with van der Waals surface area (Å²) in [6, 6.07) is 6.38. The lowest BCUT2D eigenvalue weighted by atomic mass is 10.1. The molecule has 1 fully saturated rings. The maximum absolute atomic E-state index is 13.4. The molecule has 3 aromatic heterocycles. The summed E-state index contributed by atoms with van der Waals surface area (Å²) in [7, 11) is 0. The van der Waals surface area contributed by atoms with Crippen molar-refractivity contribution in [2.75, 3.05) is 26.2 Å². The average molecular weight is 439 g/mol. The molecule has 1 aliphatic heterocycles. The molecule has 1 amide bonds. The van der Waals surface area contributed by atoms with Crippen molar-refractivity contribution in [2.24, 2.45) is 0 Å². The second-order valence-corrected chi connectivity index (χ2v) is 9.09. The quantitative estimate of drug-likeness (QED) is 0.556. The van der Waals surface area contributed by atoms with Crippen LogP contribution in [-0.4, -0.2) is 67.7 Å². The highest BCUT2D eigenvalue weighted by Crippen LogP contribution is 2.27. The summed E-state index contributed by atoms with van der Waals surface area (Å²) >= 11 is 1.64. The highest BCUT2D eigenvalue weighted by Gasteiger charge is 2.32. The van der Waals surface area contributed by atoms with Gasteiger partial charge < -0.3 is 4.90 Å². The normalized spacial score (nSPS) is 16.6. The van der Waals surface area contributed by atoms with Crippen molar-refractivity contribution in [3.05, 3.63) is 47.2 Å². The van der Waals surface area contributed by atoms with Gasteiger partial charge in [0.15, 0.2) is 0 Å². The van der Waals surface area contributed by atoms with Crippen molar-refractivity contribution in [2.45, 2.75) is 46.1 Å². The van der Waals surface area contributed by atoms with Gasteiger partial charge in [0.25, 0.3) is 11.9 Å². The molecule has 4 heterocycles. The first kappa shape index (κ1) is 21.6. The van der Waals surface area contributed by atoms with Gasteiger partial charge in [-0.2, -0.15) is 5.10 Å². The molecule has 1 unspecified atom stereocenters. The zero-order chi connectivity index (χ0) is 22.0. The van der Waals surface area contributed by atoms with Gasteiger partial charge in [-0.05, 0) is 42.9 Å². The Morgan fingerprint density at radius 3 is 2.77 bits per heavy atom. The van der Waals surface area contributed by atoms with E-state index < -0.39 is 0 Å². The fourth-order valence-corrected chi connectivity index (χ4v) is 5.08. The van der Waals surface area contributed by atoms with Crippen LogP contribution in [0, 0.1) is 0 Å². The smallest absolute Gasteiger partial charge is 0.257 e. The van der Waals surface area contributed by atoms with Crippen LogP contribution in [0.2, 0.25) is 0 Å². The molecule has 3 aromatic rings. The van der Waals surface area contributed by atoms with E-state index in [2.05, 4.69) is 42.7 Å². The van der Waals surface area contributed by atoms with E-state index in [-0.39, 0.29) is 11.8 Å². The summed E-state index contributed by atoms with van der Waals surface area (Å²) in [5.41, 5.74) is 2.37. The summed E-state index contributed by atoms with van der Waals surface area (Å²) in [6.45, 7) is 12.1. The van der Waals surface area contributed by atoms with Crippen molar-refractivity contribution >= 4 is 17.2 Å². The molecule has 7 nitrogen and oxygen atoms in total. The Morgan fingerprint density at radius 2 is 2.10 bits per heavy atom. The van der Waals surface area contributed by atoms with Crippen LogP contribution >= 0.6 is 11.3 Å². The minimum absolute atomic E-state index is 0.0546. The Balaban J connectivity index is 1.63. The molecule has 4 rings (SSSR count). The van der Waals surface area contributed by atoms with Gasteiger partial charge in [0.05, 0.1) is 28.0 Å². The monoisotopic (exact) mass is 438 g/mol. The van der Waals surface area contributed by atoms with Crippen LogP contribution in [0.15, 0.2) is 36.0 Å². The third-order valence-corrected chi connectivity index (χ3v) is 6.86. The van der Waals surface area contributed by atoms with Crippen molar-refractivity contribution in [3.63, 3.8) is 0 Å². The molecule has 0 aliphatic carbocycles. The lowest BCUT2D eigenvalue weighted by Crippen LogP contribution is -2.38. The topological polar surface area (TPSA) is 67.2 Å². The largest absolute Gasteiger partial charge is 0.337 e. The number of likely N-dealkylation sites (N-methyl/N-ethyl adjacent to an activating group) is 1. The number of likely N-dealkylation sites (tertiary alicyclic amines) is 1. The lowest BCUT2D eigenvalue weighted by molar-refractivity contribution is 0.0776. The highest BCUT2D eigenvalue weighted by molar-refractivity contribution is 7.13. The molecule has 8 heteroatoms. The van der Waals surface area contributed by atoms with Gasteiger partial charge in [0, 0.05) is 25.3 Å². The van der Waals surface area contributed by atoms with Crippen LogP contribution in [0.3, 0.4) is 0 Å². The number of carbonyl (C=O) groups excluding carboxylic acids is 1. The van der Waals surface area contributed by atoms with Gasteiger partial charge in [0.2, 0.25) is 0 Å². The molecule has 31 heavy (non-hydrogen) atoms. The first-order chi connectivity index (χ1) is 15.0. The predicted octanol–water partition coefficient (Wildman–Crippen LogP) is 4.07. The van der Waals surface area contributed by atoms with Gasteiger partial charge in [-0.25, -0.2) is 14.6 Å². The van der Waals surface area contributed by atoms with Crippen molar-refractivity contribution in [1.82, 2.24) is 29.5 Å². The molecule has 1 atom stereocenters. The number of hydrogen-bond donors (Lipinski definition) is 0. The fraction of sp³-hybridized carbons (Fsp3) is 0.478. The van der Waals surface area contributed by atoms with Crippen LogP contribution in [0.1, 0.15) is 56.1 Å². The summed E-state index contributed by atoms with van der Waals surface area (Å²) in [5.74, 6) is 0.659. The zero-order valence-corrected chi connectivity index (χ0v) is 19.5. The number of thiophene rings is 1. The third kappa shape index (κ3) is 4.27. The van der Waals surface area contributed by atoms with E-state index in [0.29, 0.717) is 17.6 Å². The van der Waals surface area contributed by atoms with Gasteiger partial charge in [-0.1, -0.05) is 33.8 Å². The second-order valence-electron chi connectivity index (χ2n) is 8.14. The molecular formula is C23H30N6OS. The Kier molecular flexibility index (Phi) is 6.48. The first-order valence-electron chi connectivity index (χ1n) is 11.0. The third-order valence-electron chi connectivity index (χ3n) is 5.97. The maximum atomic E-state index is 13.4. The fourth-order valence-electron chi connectivity index (χ4n) is 4.38. The van der Waals surface area contributed by atoms with E-state index in [9.17, 15) is 4.79 Å². The molecule has 0 aromatic carbocycles. The average Bonchev–Trinajstić information content (AvgIpc) is 3.55. The lowest BCUT2D eigenvalue weighted by Gasteiger charge is -2.26. The second kappa shape index (κ2) is 9.28. The number of carbonyl (C=O) groups is 1. The maximum Gasteiger partial charge on any atom is 0.257 e. The molecule has 1 aliphatic rings. The summed E-state index contributed by atoms with van der Waals surface area (Å²) < 4.78 is 1.73. The Morgan fingerprint density at radius 1 is 1.29 bits per heavy atom. The molecule has 0 radical (unpaired) electrons. The van der Waals surface area contributed by atoms with Crippen LogP contribution < -0.4 is 0 Å². The molecule has 0 saturated carbocycles. The minimum atomic E-state index is 0.0546. The SMILES string of the molecule is CCN(CC)C1CCN(C(=O)c2cnn(-c3nccc(-c4cccs4)n3)c2C(C)C)C1. The van der Waals surface area contributed by atoms with E-state index in [4.69, 9.17) is 4.98 Å². The van der Waals surface area contributed by atoms with Gasteiger partial charge >= 0.3 is 0 Å². The van der Waals surface area contributed by atoms with E-state index in [1.807, 2.05) is 28.5 Å². The Bertz CT molecular complexity index is 1020. The summed E-state index contributed by atoms with van der Waals surface area (Å²) in [4.78, 5) is 28.1. The van der Waals surface area contributed by atoms with Crippen molar-refractivity contribution < 1.29 is 4.79 Å². The van der Waals surface area contributed by atoms with Crippen LogP contribution in [-0.2, 0) is 0 Å². The minimum Gasteiger partial charge on any atom is -0.337 e. The Hall–Kier alpha value is -2.58. The first-order valence-corrected chi connectivity index (χ1v) is 11.9. The summed E-state index contributed by atoms with van der Waals surface area (Å²) in [6.07, 6.45) is 4.45. The number of rotatable bonds is 7. The molecule has 0 bridgehead atoms. The molecule has 164 valence electrons. The molecular weight excluding hydrogens is 408 g/mol. The molecule has 1 saturated heterocycles. The molecule has 0 spiro atoms. The van der Waals surface area contributed by atoms with E-state index >= 15 is 0 Å². The van der Waals surface area contributed by atoms with Crippen LogP contribution in [0.4, 0.5) is 0 Å². The van der Waals surface area contributed by atoms with Crippen LogP contribution in [0.25, 0.3) is 16.5 Å². The van der Waals surface area contributed by atoms with E-state index in [1.165, 1.54) is 0 Å². The van der Waals surface area contributed by atoms with Gasteiger partial charge in [-0.3, -0.25) is 9.69 Å². The van der Waals surface area contributed by atoms with E-state index in [0.717, 1.165) is 48.9 Å². The molecule has 0 N–H and O–H groups in total. The van der Waals surface area contributed by atoms with Crippen molar-refractivity contribution in [1.29, 1.82) is 0 Å². The number of aromatic nitrogens is 4. The van der Waals surface area contributed by atoms with Crippen LogP contribution in [0.5, 0.6) is 0 Å². The van der Waals surface area contributed by atoms with Gasteiger partial charge in [-0.15, -0.1) is 11.3 Å². The Labute approximate surface area is 187 Å².